The van der Waals surface area contributed by atoms with Gasteiger partial charge in [-0.05, 0) is 39.0 Å². The van der Waals surface area contributed by atoms with E-state index in [1.807, 2.05) is 27.7 Å². The van der Waals surface area contributed by atoms with E-state index in [0.29, 0.717) is 27.5 Å². The quantitative estimate of drug-likeness (QED) is 0.636. The van der Waals surface area contributed by atoms with Crippen LogP contribution in [-0.4, -0.2) is 20.9 Å². The maximum absolute atomic E-state index is 11.4. The van der Waals surface area contributed by atoms with Crippen LogP contribution in [0.5, 0.6) is 5.75 Å². The number of carbonyl (C=O) groups is 1. The zero-order valence-corrected chi connectivity index (χ0v) is 16.3. The number of halogens is 1. The Labute approximate surface area is 157 Å². The summed E-state index contributed by atoms with van der Waals surface area (Å²) in [5.74, 6) is -0.113. The predicted octanol–water partition coefficient (Wildman–Crippen LogP) is 5.48. The highest BCUT2D eigenvalue weighted by atomic mass is 35.5. The molecule has 0 atom stereocenters. The lowest BCUT2D eigenvalue weighted by atomic mass is 10.1. The number of furan rings is 1. The first kappa shape index (κ1) is 19.8. The van der Waals surface area contributed by atoms with Crippen molar-refractivity contribution in [2.75, 3.05) is 0 Å². The third-order valence-electron chi connectivity index (χ3n) is 3.76. The molecule has 2 heterocycles. The first-order chi connectivity index (χ1) is 12.4. The number of rotatable bonds is 5. The molecule has 7 heteroatoms. The molecule has 1 N–H and O–H groups in total. The minimum Gasteiger partial charge on any atom is -0.487 e. The van der Waals surface area contributed by atoms with Crippen LogP contribution >= 0.6 is 11.6 Å². The van der Waals surface area contributed by atoms with Crippen LogP contribution in [-0.2, 0) is 6.61 Å². The molecule has 2 aromatic heterocycles. The molecule has 0 unspecified atom stereocenters. The van der Waals surface area contributed by atoms with Gasteiger partial charge in [0, 0.05) is 11.4 Å². The number of aromatic nitrogens is 2. The molecular formula is C19H23ClN2O4. The van der Waals surface area contributed by atoms with Crippen LogP contribution in [0.2, 0.25) is 5.02 Å². The lowest BCUT2D eigenvalue weighted by molar-refractivity contribution is 0.0697. The molecule has 140 valence electrons. The highest BCUT2D eigenvalue weighted by Gasteiger charge is 2.18. The molecule has 0 amide bonds. The number of carboxylic acids is 1. The van der Waals surface area contributed by atoms with Gasteiger partial charge in [-0.3, -0.25) is 4.68 Å². The van der Waals surface area contributed by atoms with Crippen molar-refractivity contribution in [3.63, 3.8) is 0 Å². The second kappa shape index (κ2) is 8.27. The van der Waals surface area contributed by atoms with E-state index in [9.17, 15) is 9.90 Å². The normalized spacial score (nSPS) is 10.7. The van der Waals surface area contributed by atoms with Crippen molar-refractivity contribution in [2.45, 2.75) is 47.3 Å². The lowest BCUT2D eigenvalue weighted by Crippen LogP contribution is -2.10. The summed E-state index contributed by atoms with van der Waals surface area (Å²) in [7, 11) is 0. The van der Waals surface area contributed by atoms with Gasteiger partial charge in [-0.1, -0.05) is 25.4 Å². The molecule has 0 fully saturated rings. The van der Waals surface area contributed by atoms with E-state index in [0.717, 1.165) is 5.69 Å². The fraction of sp³-hybridized carbons (Fsp3) is 0.368. The van der Waals surface area contributed by atoms with Crippen LogP contribution in [0.1, 0.15) is 55.5 Å². The second-order valence-electron chi connectivity index (χ2n) is 5.76. The zero-order chi connectivity index (χ0) is 19.4. The molecular weight excluding hydrogens is 356 g/mol. The summed E-state index contributed by atoms with van der Waals surface area (Å²) in [6.45, 7) is 9.88. The molecule has 1 aromatic carbocycles. The molecule has 3 rings (SSSR count). The Bertz CT molecular complexity index is 912. The molecule has 0 radical (unpaired) electrons. The Balaban J connectivity index is 0.00000117. The van der Waals surface area contributed by atoms with E-state index in [2.05, 4.69) is 5.10 Å². The SMILES string of the molecule is CC.Cc1oc2ccc(OCc3c(Cl)cnn3C(C)C)cc2c1C(=O)O. The fourth-order valence-corrected chi connectivity index (χ4v) is 2.84. The molecule has 0 aliphatic heterocycles. The molecule has 0 bridgehead atoms. The third kappa shape index (κ3) is 3.85. The van der Waals surface area contributed by atoms with Gasteiger partial charge >= 0.3 is 5.97 Å². The van der Waals surface area contributed by atoms with Gasteiger partial charge < -0.3 is 14.3 Å². The Hall–Kier alpha value is -2.47. The van der Waals surface area contributed by atoms with E-state index >= 15 is 0 Å². The van der Waals surface area contributed by atoms with Crippen LogP contribution < -0.4 is 4.74 Å². The van der Waals surface area contributed by atoms with Gasteiger partial charge in [0.05, 0.1) is 16.9 Å². The Morgan fingerprint density at radius 3 is 2.69 bits per heavy atom. The first-order valence-electron chi connectivity index (χ1n) is 8.49. The second-order valence-corrected chi connectivity index (χ2v) is 6.17. The van der Waals surface area contributed by atoms with Gasteiger partial charge in [-0.25, -0.2) is 4.79 Å². The predicted molar refractivity (Wildman–Crippen MR) is 101 cm³/mol. The molecule has 6 nitrogen and oxygen atoms in total. The van der Waals surface area contributed by atoms with Crippen molar-refractivity contribution < 1.29 is 19.1 Å². The van der Waals surface area contributed by atoms with Gasteiger partial charge in [0.1, 0.15) is 29.3 Å². The highest BCUT2D eigenvalue weighted by Crippen LogP contribution is 2.30. The van der Waals surface area contributed by atoms with Crippen LogP contribution in [0.25, 0.3) is 11.0 Å². The van der Waals surface area contributed by atoms with Crippen LogP contribution in [0, 0.1) is 6.92 Å². The minimum absolute atomic E-state index is 0.153. The number of ether oxygens (including phenoxy) is 1. The Morgan fingerprint density at radius 2 is 2.08 bits per heavy atom. The minimum atomic E-state index is -1.02. The summed E-state index contributed by atoms with van der Waals surface area (Å²) in [5, 5.41) is 14.6. The van der Waals surface area contributed by atoms with Gasteiger partial charge in [-0.15, -0.1) is 0 Å². The third-order valence-corrected chi connectivity index (χ3v) is 4.08. The standard InChI is InChI=1S/C17H17ClN2O4.C2H6/c1-9(2)20-14(13(18)7-19-20)8-23-11-4-5-15-12(6-11)16(17(21)22)10(3)24-15;1-2/h4-7,9H,8H2,1-3H3,(H,21,22);1-2H3. The van der Waals surface area contributed by atoms with Gasteiger partial charge in [0.25, 0.3) is 0 Å². The average Bonchev–Trinajstić information content (AvgIpc) is 3.13. The van der Waals surface area contributed by atoms with Crippen molar-refractivity contribution in [2.24, 2.45) is 0 Å². The van der Waals surface area contributed by atoms with Crippen molar-refractivity contribution in [1.29, 1.82) is 0 Å². The summed E-state index contributed by atoms with van der Waals surface area (Å²) >= 11 is 6.16. The first-order valence-corrected chi connectivity index (χ1v) is 8.87. The topological polar surface area (TPSA) is 77.5 Å². The zero-order valence-electron chi connectivity index (χ0n) is 15.5. The van der Waals surface area contributed by atoms with E-state index in [4.69, 9.17) is 20.8 Å². The smallest absolute Gasteiger partial charge is 0.339 e. The van der Waals surface area contributed by atoms with Crippen molar-refractivity contribution >= 4 is 28.5 Å². The molecule has 0 saturated heterocycles. The molecule has 26 heavy (non-hydrogen) atoms. The number of hydrogen-bond acceptors (Lipinski definition) is 4. The van der Waals surface area contributed by atoms with Crippen molar-refractivity contribution in [1.82, 2.24) is 9.78 Å². The van der Waals surface area contributed by atoms with E-state index in [-0.39, 0.29) is 18.2 Å². The largest absolute Gasteiger partial charge is 0.487 e. The summed E-state index contributed by atoms with van der Waals surface area (Å²) in [6, 6.07) is 5.26. The Morgan fingerprint density at radius 1 is 1.38 bits per heavy atom. The van der Waals surface area contributed by atoms with Crippen LogP contribution in [0.15, 0.2) is 28.8 Å². The average molecular weight is 379 g/mol. The van der Waals surface area contributed by atoms with E-state index in [1.54, 1.807) is 36.0 Å². The number of nitrogens with zero attached hydrogens (tertiary/aromatic N) is 2. The highest BCUT2D eigenvalue weighted by molar-refractivity contribution is 6.31. The number of aryl methyl sites for hydroxylation is 1. The number of carboxylic acid groups (broad SMARTS) is 1. The molecule has 0 saturated carbocycles. The Kier molecular flexibility index (Phi) is 6.32. The van der Waals surface area contributed by atoms with Gasteiger partial charge in [-0.2, -0.15) is 5.10 Å². The lowest BCUT2D eigenvalue weighted by Gasteiger charge is -2.12. The summed E-state index contributed by atoms with van der Waals surface area (Å²) < 4.78 is 13.1. The van der Waals surface area contributed by atoms with Gasteiger partial charge in [0.2, 0.25) is 0 Å². The number of fused-ring (bicyclic) bond motifs is 1. The van der Waals surface area contributed by atoms with E-state index < -0.39 is 5.97 Å². The van der Waals surface area contributed by atoms with Gasteiger partial charge in [0.15, 0.2) is 0 Å². The molecule has 0 spiro atoms. The van der Waals surface area contributed by atoms with Crippen LogP contribution in [0.3, 0.4) is 0 Å². The number of benzene rings is 1. The maximum atomic E-state index is 11.4. The summed E-state index contributed by atoms with van der Waals surface area (Å²) in [6.07, 6.45) is 1.59. The van der Waals surface area contributed by atoms with Crippen molar-refractivity contribution in [3.8, 4) is 5.75 Å². The molecule has 0 aliphatic rings. The number of aromatic carboxylic acids is 1. The maximum Gasteiger partial charge on any atom is 0.339 e. The number of hydrogen-bond donors (Lipinski definition) is 1. The van der Waals surface area contributed by atoms with Crippen LogP contribution in [0.4, 0.5) is 0 Å². The molecule has 3 aromatic rings. The summed E-state index contributed by atoms with van der Waals surface area (Å²) in [4.78, 5) is 11.4. The fourth-order valence-electron chi connectivity index (χ4n) is 2.65. The van der Waals surface area contributed by atoms with E-state index in [1.165, 1.54) is 0 Å². The monoisotopic (exact) mass is 378 g/mol. The molecule has 0 aliphatic carbocycles. The van der Waals surface area contributed by atoms with Crippen molar-refractivity contribution in [3.05, 3.63) is 46.4 Å². The summed E-state index contributed by atoms with van der Waals surface area (Å²) in [5.41, 5.74) is 1.44.